The van der Waals surface area contributed by atoms with Gasteiger partial charge in [0.1, 0.15) is 0 Å². The molecule has 100 valence electrons. The molecule has 0 spiro atoms. The quantitative estimate of drug-likeness (QED) is 0.688. The summed E-state index contributed by atoms with van der Waals surface area (Å²) in [6.45, 7) is 11.3. The van der Waals surface area contributed by atoms with Crippen LogP contribution in [0, 0.1) is 0 Å². The predicted molar refractivity (Wildman–Crippen MR) is 69.6 cm³/mol. The zero-order chi connectivity index (χ0) is 13.1. The minimum Gasteiger partial charge on any atom is -0.368 e. The summed E-state index contributed by atoms with van der Waals surface area (Å²) >= 11 is 0. The van der Waals surface area contributed by atoms with E-state index in [-0.39, 0.29) is 0 Å². The fraction of sp³-hybridized carbons (Fsp3) is 0.917. The first kappa shape index (κ1) is 14.4. The molecule has 4 N–H and O–H groups in total. The van der Waals surface area contributed by atoms with E-state index in [1.54, 1.807) is 6.92 Å². The van der Waals surface area contributed by atoms with Crippen LogP contribution in [-0.4, -0.2) is 60.0 Å². The van der Waals surface area contributed by atoms with Gasteiger partial charge >= 0.3 is 0 Å². The van der Waals surface area contributed by atoms with E-state index in [0.29, 0.717) is 12.5 Å². The summed E-state index contributed by atoms with van der Waals surface area (Å²) in [6, 6.07) is 0.613. The van der Waals surface area contributed by atoms with Crippen molar-refractivity contribution in [1.82, 2.24) is 9.80 Å². The van der Waals surface area contributed by atoms with E-state index in [1.807, 2.05) is 0 Å². The number of piperazine rings is 1. The van der Waals surface area contributed by atoms with Crippen LogP contribution in [0.1, 0.15) is 27.2 Å². The Morgan fingerprint density at radius 3 is 2.24 bits per heavy atom. The van der Waals surface area contributed by atoms with E-state index >= 15 is 0 Å². The Bertz CT molecular complexity index is 257. The molecular weight excluding hydrogens is 216 g/mol. The molecule has 5 nitrogen and oxygen atoms in total. The van der Waals surface area contributed by atoms with Crippen LogP contribution >= 0.6 is 0 Å². The van der Waals surface area contributed by atoms with Gasteiger partial charge in [0.15, 0.2) is 0 Å². The van der Waals surface area contributed by atoms with Crippen molar-refractivity contribution in [2.75, 3.05) is 32.7 Å². The van der Waals surface area contributed by atoms with Gasteiger partial charge in [-0.05, 0) is 27.2 Å². The Morgan fingerprint density at radius 2 is 1.82 bits per heavy atom. The third-order valence-corrected chi connectivity index (χ3v) is 3.65. The largest absolute Gasteiger partial charge is 0.368 e. The van der Waals surface area contributed by atoms with Gasteiger partial charge in [0.25, 0.3) is 0 Å². The maximum Gasteiger partial charge on any atom is 0.237 e. The van der Waals surface area contributed by atoms with Crippen molar-refractivity contribution in [1.29, 1.82) is 0 Å². The van der Waals surface area contributed by atoms with Crippen LogP contribution in [0.15, 0.2) is 0 Å². The Kier molecular flexibility index (Phi) is 4.91. The maximum absolute atomic E-state index is 11.1. The second-order valence-corrected chi connectivity index (χ2v) is 5.50. The van der Waals surface area contributed by atoms with Gasteiger partial charge in [-0.3, -0.25) is 9.69 Å². The number of carbonyl (C=O) groups is 1. The van der Waals surface area contributed by atoms with Crippen molar-refractivity contribution in [3.63, 3.8) is 0 Å². The summed E-state index contributed by atoms with van der Waals surface area (Å²) in [7, 11) is 0. The molecular formula is C12H26N4O. The van der Waals surface area contributed by atoms with Gasteiger partial charge in [-0.2, -0.15) is 0 Å². The molecule has 1 amide bonds. The van der Waals surface area contributed by atoms with E-state index in [0.717, 1.165) is 32.7 Å². The Morgan fingerprint density at radius 1 is 1.29 bits per heavy atom. The average molecular weight is 242 g/mol. The molecule has 1 unspecified atom stereocenters. The minimum absolute atomic E-state index is 0.418. The summed E-state index contributed by atoms with van der Waals surface area (Å²) in [5.41, 5.74) is 10.2. The third-order valence-electron chi connectivity index (χ3n) is 3.65. The normalized spacial score (nSPS) is 22.6. The van der Waals surface area contributed by atoms with Crippen molar-refractivity contribution in [2.45, 2.75) is 38.8 Å². The zero-order valence-corrected chi connectivity index (χ0v) is 11.3. The van der Waals surface area contributed by atoms with Crippen molar-refractivity contribution in [3.05, 3.63) is 0 Å². The van der Waals surface area contributed by atoms with Gasteiger partial charge in [-0.15, -0.1) is 0 Å². The van der Waals surface area contributed by atoms with Crippen LogP contribution in [0.5, 0.6) is 0 Å². The summed E-state index contributed by atoms with van der Waals surface area (Å²) < 4.78 is 0. The first-order chi connectivity index (χ1) is 7.83. The van der Waals surface area contributed by atoms with E-state index in [2.05, 4.69) is 23.6 Å². The number of primary amides is 1. The lowest BCUT2D eigenvalue weighted by molar-refractivity contribution is -0.122. The zero-order valence-electron chi connectivity index (χ0n) is 11.3. The number of rotatable bonds is 5. The van der Waals surface area contributed by atoms with Crippen LogP contribution in [0.3, 0.4) is 0 Å². The lowest BCUT2D eigenvalue weighted by atomic mass is 9.98. The van der Waals surface area contributed by atoms with E-state index in [1.165, 1.54) is 0 Å². The summed E-state index contributed by atoms with van der Waals surface area (Å²) in [5.74, 6) is -0.418. The molecule has 1 fully saturated rings. The lowest BCUT2D eigenvalue weighted by Gasteiger charge is -2.37. The number of carbonyl (C=O) groups excluding carboxylic acids is 1. The Labute approximate surface area is 104 Å². The highest BCUT2D eigenvalue weighted by atomic mass is 16.1. The fourth-order valence-electron chi connectivity index (χ4n) is 2.02. The third kappa shape index (κ3) is 4.26. The number of hydrogen-bond donors (Lipinski definition) is 2. The summed E-state index contributed by atoms with van der Waals surface area (Å²) in [6.07, 6.45) is 0.629. The number of amides is 1. The molecule has 17 heavy (non-hydrogen) atoms. The molecule has 1 aliphatic rings. The van der Waals surface area contributed by atoms with Crippen molar-refractivity contribution in [2.24, 2.45) is 11.5 Å². The molecule has 0 aromatic heterocycles. The van der Waals surface area contributed by atoms with E-state index < -0.39 is 11.4 Å². The van der Waals surface area contributed by atoms with Gasteiger partial charge in [0.05, 0.1) is 5.54 Å². The molecule has 1 saturated heterocycles. The minimum atomic E-state index is -0.880. The molecule has 0 radical (unpaired) electrons. The van der Waals surface area contributed by atoms with Crippen molar-refractivity contribution >= 4 is 5.91 Å². The van der Waals surface area contributed by atoms with Gasteiger partial charge in [0.2, 0.25) is 5.91 Å². The monoisotopic (exact) mass is 242 g/mol. The van der Waals surface area contributed by atoms with Crippen LogP contribution < -0.4 is 11.5 Å². The topological polar surface area (TPSA) is 75.6 Å². The smallest absolute Gasteiger partial charge is 0.237 e. The van der Waals surface area contributed by atoms with Crippen LogP contribution in [0.25, 0.3) is 0 Å². The van der Waals surface area contributed by atoms with Gasteiger partial charge in [0, 0.05) is 38.8 Å². The Hall–Kier alpha value is -0.650. The van der Waals surface area contributed by atoms with Crippen LogP contribution in [-0.2, 0) is 4.79 Å². The second kappa shape index (κ2) is 5.80. The fourth-order valence-corrected chi connectivity index (χ4v) is 2.02. The number of nitrogens with zero attached hydrogens (tertiary/aromatic N) is 2. The molecule has 5 heteroatoms. The van der Waals surface area contributed by atoms with Gasteiger partial charge in [-0.1, -0.05) is 0 Å². The molecule has 0 aromatic rings. The predicted octanol–water partition coefficient (Wildman–Crippen LogP) is -0.395. The average Bonchev–Trinajstić information content (AvgIpc) is 2.27. The van der Waals surface area contributed by atoms with E-state index in [9.17, 15) is 4.79 Å². The SMILES string of the molecule is CC(C)N1CCN(CCC(C)(N)C(N)=O)CC1. The molecule has 1 heterocycles. The first-order valence-corrected chi connectivity index (χ1v) is 6.38. The van der Waals surface area contributed by atoms with Gasteiger partial charge in [-0.25, -0.2) is 0 Å². The summed E-state index contributed by atoms with van der Waals surface area (Å²) in [4.78, 5) is 15.9. The van der Waals surface area contributed by atoms with Gasteiger partial charge < -0.3 is 16.4 Å². The van der Waals surface area contributed by atoms with Crippen molar-refractivity contribution in [3.8, 4) is 0 Å². The molecule has 1 aliphatic heterocycles. The molecule has 0 aliphatic carbocycles. The number of hydrogen-bond acceptors (Lipinski definition) is 4. The number of nitrogens with two attached hydrogens (primary N) is 2. The summed E-state index contributed by atoms with van der Waals surface area (Å²) in [5, 5.41) is 0. The molecule has 0 bridgehead atoms. The molecule has 0 saturated carbocycles. The van der Waals surface area contributed by atoms with Crippen LogP contribution in [0.2, 0.25) is 0 Å². The lowest BCUT2D eigenvalue weighted by Crippen LogP contribution is -2.53. The molecule has 1 rings (SSSR count). The standard InChI is InChI=1S/C12H26N4O/c1-10(2)16-8-6-15(7-9-16)5-4-12(3,14)11(13)17/h10H,4-9,14H2,1-3H3,(H2,13,17). The van der Waals surface area contributed by atoms with Crippen LogP contribution in [0.4, 0.5) is 0 Å². The second-order valence-electron chi connectivity index (χ2n) is 5.50. The highest BCUT2D eigenvalue weighted by molar-refractivity contribution is 5.83. The molecule has 0 aromatic carbocycles. The maximum atomic E-state index is 11.1. The van der Waals surface area contributed by atoms with Crippen molar-refractivity contribution < 1.29 is 4.79 Å². The highest BCUT2D eigenvalue weighted by Crippen LogP contribution is 2.10. The molecule has 1 atom stereocenters. The highest BCUT2D eigenvalue weighted by Gasteiger charge is 2.27. The first-order valence-electron chi connectivity index (χ1n) is 6.38. The Balaban J connectivity index is 2.29. The van der Waals surface area contributed by atoms with E-state index in [4.69, 9.17) is 11.5 Å².